The van der Waals surface area contributed by atoms with Gasteiger partial charge in [0.15, 0.2) is 5.65 Å². The molecule has 2 aromatic rings. The van der Waals surface area contributed by atoms with Crippen LogP contribution in [0.15, 0.2) is 18.7 Å². The van der Waals surface area contributed by atoms with Crippen molar-refractivity contribution in [2.75, 3.05) is 20.3 Å². The third kappa shape index (κ3) is 3.02. The van der Waals surface area contributed by atoms with E-state index in [0.717, 1.165) is 30.7 Å². The molecule has 6 nitrogen and oxygen atoms in total. The van der Waals surface area contributed by atoms with Crippen LogP contribution in [-0.4, -0.2) is 45.9 Å². The van der Waals surface area contributed by atoms with Crippen molar-refractivity contribution in [2.45, 2.75) is 25.8 Å². The lowest BCUT2D eigenvalue weighted by atomic mass is 10.1. The molecular formula is C12H19N5O. The maximum Gasteiger partial charge on any atom is 0.182 e. The van der Waals surface area contributed by atoms with E-state index >= 15 is 0 Å². The van der Waals surface area contributed by atoms with E-state index in [1.807, 2.05) is 10.6 Å². The molecule has 2 heterocycles. The average molecular weight is 249 g/mol. The van der Waals surface area contributed by atoms with Gasteiger partial charge in [0.25, 0.3) is 0 Å². The van der Waals surface area contributed by atoms with Crippen molar-refractivity contribution >= 4 is 5.65 Å². The fraction of sp³-hybridized carbons (Fsp3) is 0.583. The summed E-state index contributed by atoms with van der Waals surface area (Å²) in [6.07, 6.45) is 7.20. The van der Waals surface area contributed by atoms with Crippen molar-refractivity contribution in [3.05, 3.63) is 24.4 Å². The first-order valence-corrected chi connectivity index (χ1v) is 6.20. The molecule has 0 saturated carbocycles. The highest BCUT2D eigenvalue weighted by Crippen LogP contribution is 2.07. The van der Waals surface area contributed by atoms with Crippen molar-refractivity contribution in [2.24, 2.45) is 0 Å². The second-order valence-corrected chi connectivity index (χ2v) is 4.25. The largest absolute Gasteiger partial charge is 0.383 e. The number of rotatable bonds is 7. The van der Waals surface area contributed by atoms with Crippen LogP contribution in [0.3, 0.4) is 0 Å². The molecule has 0 radical (unpaired) electrons. The zero-order chi connectivity index (χ0) is 12.8. The van der Waals surface area contributed by atoms with E-state index in [4.69, 9.17) is 4.74 Å². The van der Waals surface area contributed by atoms with Crippen LogP contribution in [0.25, 0.3) is 5.65 Å². The summed E-state index contributed by atoms with van der Waals surface area (Å²) >= 11 is 0. The van der Waals surface area contributed by atoms with E-state index in [9.17, 15) is 0 Å². The van der Waals surface area contributed by atoms with E-state index in [1.54, 1.807) is 19.6 Å². The lowest BCUT2D eigenvalue weighted by molar-refractivity contribution is 0.166. The quantitative estimate of drug-likeness (QED) is 0.782. The van der Waals surface area contributed by atoms with Crippen molar-refractivity contribution in [1.82, 2.24) is 24.9 Å². The zero-order valence-electron chi connectivity index (χ0n) is 10.8. The molecule has 1 atom stereocenters. The lowest BCUT2D eigenvalue weighted by Crippen LogP contribution is -2.36. The van der Waals surface area contributed by atoms with Gasteiger partial charge in [-0.2, -0.15) is 0 Å². The van der Waals surface area contributed by atoms with Crippen LogP contribution in [0, 0.1) is 0 Å². The molecule has 6 heteroatoms. The number of aromatic nitrogens is 4. The number of hydrogen-bond donors (Lipinski definition) is 1. The van der Waals surface area contributed by atoms with Gasteiger partial charge in [0.2, 0.25) is 0 Å². The molecule has 0 bridgehead atoms. The monoisotopic (exact) mass is 249 g/mol. The summed E-state index contributed by atoms with van der Waals surface area (Å²) < 4.78 is 7.11. The minimum Gasteiger partial charge on any atom is -0.383 e. The van der Waals surface area contributed by atoms with Crippen LogP contribution in [0.2, 0.25) is 0 Å². The molecule has 0 aliphatic heterocycles. The minimum atomic E-state index is 0.255. The molecule has 0 amide bonds. The van der Waals surface area contributed by atoms with Crippen molar-refractivity contribution < 1.29 is 4.74 Å². The summed E-state index contributed by atoms with van der Waals surface area (Å²) in [6, 6.07) is 0.255. The standard InChI is InChI=1S/C12H19N5O/c1-3-4-13-10(8-18-2)7-11-12-16-15-9-17(12)6-5-14-11/h5-6,9-10,13H,3-4,7-8H2,1-2H3. The molecule has 2 rings (SSSR count). The predicted molar refractivity (Wildman–Crippen MR) is 68.4 cm³/mol. The van der Waals surface area contributed by atoms with Gasteiger partial charge in [-0.1, -0.05) is 6.92 Å². The number of nitrogens with one attached hydrogen (secondary N) is 1. The summed E-state index contributed by atoms with van der Waals surface area (Å²) in [5.74, 6) is 0. The summed E-state index contributed by atoms with van der Waals surface area (Å²) in [6.45, 7) is 3.79. The number of methoxy groups -OCH3 is 1. The highest BCUT2D eigenvalue weighted by Gasteiger charge is 2.13. The lowest BCUT2D eigenvalue weighted by Gasteiger charge is -2.17. The Morgan fingerprint density at radius 1 is 1.50 bits per heavy atom. The van der Waals surface area contributed by atoms with Crippen LogP contribution < -0.4 is 5.32 Å². The van der Waals surface area contributed by atoms with Gasteiger partial charge in [-0.05, 0) is 13.0 Å². The molecule has 0 aliphatic rings. The van der Waals surface area contributed by atoms with Crippen molar-refractivity contribution in [3.63, 3.8) is 0 Å². The molecule has 18 heavy (non-hydrogen) atoms. The van der Waals surface area contributed by atoms with Crippen LogP contribution in [0.5, 0.6) is 0 Å². The Bertz CT molecular complexity index is 484. The SMILES string of the molecule is CCCNC(COC)Cc1nccn2cnnc12. The summed E-state index contributed by atoms with van der Waals surface area (Å²) in [5.41, 5.74) is 1.76. The first-order valence-electron chi connectivity index (χ1n) is 6.20. The smallest absolute Gasteiger partial charge is 0.182 e. The number of hydrogen-bond acceptors (Lipinski definition) is 5. The van der Waals surface area contributed by atoms with Gasteiger partial charge in [0.1, 0.15) is 6.33 Å². The number of nitrogens with zero attached hydrogens (tertiary/aromatic N) is 4. The highest BCUT2D eigenvalue weighted by molar-refractivity contribution is 5.42. The Hall–Kier alpha value is -1.53. The minimum absolute atomic E-state index is 0.255. The Kier molecular flexibility index (Phi) is 4.60. The van der Waals surface area contributed by atoms with E-state index < -0.39 is 0 Å². The van der Waals surface area contributed by atoms with Gasteiger partial charge in [-0.3, -0.25) is 9.38 Å². The Morgan fingerprint density at radius 3 is 3.17 bits per heavy atom. The first-order chi connectivity index (χ1) is 8.85. The maximum absolute atomic E-state index is 5.23. The van der Waals surface area contributed by atoms with Gasteiger partial charge in [-0.25, -0.2) is 0 Å². The molecule has 0 saturated heterocycles. The molecule has 2 aromatic heterocycles. The van der Waals surface area contributed by atoms with E-state index in [2.05, 4.69) is 27.4 Å². The third-order valence-corrected chi connectivity index (χ3v) is 2.78. The molecule has 0 aromatic carbocycles. The average Bonchev–Trinajstić information content (AvgIpc) is 2.85. The molecule has 1 N–H and O–H groups in total. The van der Waals surface area contributed by atoms with Crippen molar-refractivity contribution in [1.29, 1.82) is 0 Å². The highest BCUT2D eigenvalue weighted by atomic mass is 16.5. The Labute approximate surface area is 106 Å². The fourth-order valence-electron chi connectivity index (χ4n) is 1.93. The summed E-state index contributed by atoms with van der Waals surface area (Å²) in [5, 5.41) is 11.4. The van der Waals surface area contributed by atoms with Gasteiger partial charge in [-0.15, -0.1) is 10.2 Å². The zero-order valence-corrected chi connectivity index (χ0v) is 10.8. The van der Waals surface area contributed by atoms with Crippen LogP contribution in [0.4, 0.5) is 0 Å². The van der Waals surface area contributed by atoms with Gasteiger partial charge >= 0.3 is 0 Å². The Morgan fingerprint density at radius 2 is 2.39 bits per heavy atom. The van der Waals surface area contributed by atoms with Crippen LogP contribution in [-0.2, 0) is 11.2 Å². The first kappa shape index (κ1) is 12.9. The molecule has 1 unspecified atom stereocenters. The van der Waals surface area contributed by atoms with Gasteiger partial charge < -0.3 is 10.1 Å². The summed E-state index contributed by atoms with van der Waals surface area (Å²) in [7, 11) is 1.71. The molecule has 0 aliphatic carbocycles. The predicted octanol–water partition coefficient (Wildman–Crippen LogP) is 0.681. The Balaban J connectivity index is 2.12. The van der Waals surface area contributed by atoms with Crippen LogP contribution >= 0.6 is 0 Å². The van der Waals surface area contributed by atoms with Gasteiger partial charge in [0.05, 0.1) is 12.3 Å². The normalized spacial score (nSPS) is 13.0. The van der Waals surface area contributed by atoms with E-state index in [-0.39, 0.29) is 6.04 Å². The van der Waals surface area contributed by atoms with Gasteiger partial charge in [0, 0.05) is 32.0 Å². The molecule has 0 spiro atoms. The molecule has 98 valence electrons. The number of ether oxygens (including phenoxy) is 1. The summed E-state index contributed by atoms with van der Waals surface area (Å²) in [4.78, 5) is 4.39. The fourth-order valence-corrected chi connectivity index (χ4v) is 1.93. The maximum atomic E-state index is 5.23. The van der Waals surface area contributed by atoms with E-state index in [0.29, 0.717) is 6.61 Å². The number of fused-ring (bicyclic) bond motifs is 1. The topological polar surface area (TPSA) is 64.3 Å². The van der Waals surface area contributed by atoms with Crippen LogP contribution in [0.1, 0.15) is 19.0 Å². The second kappa shape index (κ2) is 6.42. The third-order valence-electron chi connectivity index (χ3n) is 2.78. The van der Waals surface area contributed by atoms with E-state index in [1.165, 1.54) is 0 Å². The second-order valence-electron chi connectivity index (χ2n) is 4.25. The molecule has 0 fully saturated rings. The van der Waals surface area contributed by atoms with Crippen molar-refractivity contribution in [3.8, 4) is 0 Å². The molecular weight excluding hydrogens is 230 g/mol.